The van der Waals surface area contributed by atoms with Crippen molar-refractivity contribution in [3.8, 4) is 0 Å². The van der Waals surface area contributed by atoms with Crippen LogP contribution in [0.3, 0.4) is 0 Å². The number of rotatable bonds is 5. The molecule has 0 heterocycles. The number of nitrogens with two attached hydrogens (primary N) is 1. The summed E-state index contributed by atoms with van der Waals surface area (Å²) in [4.78, 5) is 13.6. The highest BCUT2D eigenvalue weighted by Gasteiger charge is 1.90. The number of nitrogens with one attached hydrogen (secondary N) is 1. The topological polar surface area (TPSA) is 90.5 Å². The third kappa shape index (κ3) is 6.85. The molecule has 0 aromatic carbocycles. The van der Waals surface area contributed by atoms with Gasteiger partial charge < -0.3 is 21.0 Å². The van der Waals surface area contributed by atoms with E-state index in [1.54, 1.807) is 7.05 Å². The van der Waals surface area contributed by atoms with E-state index in [0.29, 0.717) is 18.9 Å². The Hall–Kier alpha value is -1.26. The van der Waals surface area contributed by atoms with Crippen LogP contribution in [-0.2, 0) is 4.79 Å². The number of carboxylic acid groups (broad SMARTS) is 1. The molecule has 0 saturated heterocycles. The molecule has 12 heavy (non-hydrogen) atoms. The van der Waals surface area contributed by atoms with Crippen LogP contribution < -0.4 is 16.2 Å². The van der Waals surface area contributed by atoms with E-state index in [0.717, 1.165) is 6.42 Å². The minimum absolute atomic E-state index is 0.102. The average molecular weight is 172 g/mol. The largest absolute Gasteiger partial charge is 0.550 e. The molecule has 0 aliphatic rings. The number of unbranched alkanes of at least 4 members (excludes halogenated alkanes) is 1. The van der Waals surface area contributed by atoms with Gasteiger partial charge in [0.05, 0.1) is 0 Å². The molecule has 5 heteroatoms. The van der Waals surface area contributed by atoms with Crippen molar-refractivity contribution >= 4 is 11.9 Å². The molecule has 0 bridgehead atoms. The van der Waals surface area contributed by atoms with Gasteiger partial charge in [0.2, 0.25) is 0 Å². The first-order valence-corrected chi connectivity index (χ1v) is 3.82. The quantitative estimate of drug-likeness (QED) is 0.298. The highest BCUT2D eigenvalue weighted by molar-refractivity contribution is 5.77. The molecule has 0 rings (SSSR count). The van der Waals surface area contributed by atoms with Crippen LogP contribution in [0.25, 0.3) is 0 Å². The molecule has 0 unspecified atom stereocenters. The number of nitrogens with zero attached hydrogens (tertiary/aromatic N) is 1. The number of hydrogen-bond acceptors (Lipinski definition) is 3. The van der Waals surface area contributed by atoms with Crippen molar-refractivity contribution in [3.05, 3.63) is 0 Å². The van der Waals surface area contributed by atoms with Crippen LogP contribution in [0.15, 0.2) is 4.99 Å². The minimum atomic E-state index is -1.01. The molecule has 0 amide bonds. The van der Waals surface area contributed by atoms with Gasteiger partial charge in [0, 0.05) is 19.6 Å². The summed E-state index contributed by atoms with van der Waals surface area (Å²) in [6.07, 6.45) is 1.46. The predicted molar refractivity (Wildman–Crippen MR) is 44.4 cm³/mol. The third-order valence-corrected chi connectivity index (χ3v) is 1.35. The Bertz CT molecular complexity index is 168. The van der Waals surface area contributed by atoms with Crippen molar-refractivity contribution in [2.45, 2.75) is 19.3 Å². The van der Waals surface area contributed by atoms with Gasteiger partial charge in [0.1, 0.15) is 0 Å². The summed E-state index contributed by atoms with van der Waals surface area (Å²) in [6, 6.07) is 0. The maximum absolute atomic E-state index is 9.97. The Labute approximate surface area is 71.7 Å². The number of hydrogen-bond donors (Lipinski definition) is 2. The second-order valence-electron chi connectivity index (χ2n) is 2.36. The fraction of sp³-hybridized carbons (Fsp3) is 0.714. The summed E-state index contributed by atoms with van der Waals surface area (Å²) < 4.78 is 0. The van der Waals surface area contributed by atoms with Crippen LogP contribution in [0.4, 0.5) is 0 Å². The number of carboxylic acids is 1. The molecule has 0 saturated carbocycles. The van der Waals surface area contributed by atoms with Crippen molar-refractivity contribution in [2.24, 2.45) is 10.7 Å². The SMILES string of the molecule is CN=C(N)NCCCCC(=O)[O-]. The third-order valence-electron chi connectivity index (χ3n) is 1.35. The van der Waals surface area contributed by atoms with E-state index in [4.69, 9.17) is 5.73 Å². The van der Waals surface area contributed by atoms with Gasteiger partial charge in [-0.15, -0.1) is 0 Å². The summed E-state index contributed by atoms with van der Waals surface area (Å²) in [7, 11) is 1.59. The van der Waals surface area contributed by atoms with E-state index >= 15 is 0 Å². The van der Waals surface area contributed by atoms with Crippen LogP contribution in [-0.4, -0.2) is 25.5 Å². The Balaban J connectivity index is 3.16. The first kappa shape index (κ1) is 10.7. The van der Waals surface area contributed by atoms with E-state index in [9.17, 15) is 9.90 Å². The van der Waals surface area contributed by atoms with E-state index in [1.165, 1.54) is 0 Å². The standard InChI is InChI=1S/C7H15N3O2/c1-9-7(8)10-5-3-2-4-6(11)12/h2-5H2,1H3,(H,11,12)(H3,8,9,10)/p-1. The van der Waals surface area contributed by atoms with Crippen molar-refractivity contribution in [2.75, 3.05) is 13.6 Å². The molecule has 0 aromatic heterocycles. The number of aliphatic carboxylic acids is 1. The molecule has 70 valence electrons. The Morgan fingerprint density at radius 1 is 1.58 bits per heavy atom. The van der Waals surface area contributed by atoms with Gasteiger partial charge in [-0.05, 0) is 19.3 Å². The molecule has 0 aromatic rings. The number of carbonyl (C=O) groups excluding carboxylic acids is 1. The molecule has 0 fully saturated rings. The number of carbonyl (C=O) groups is 1. The van der Waals surface area contributed by atoms with Crippen molar-refractivity contribution < 1.29 is 9.90 Å². The number of aliphatic imine (C=N–C) groups is 1. The summed E-state index contributed by atoms with van der Waals surface area (Å²) in [6.45, 7) is 0.649. The van der Waals surface area contributed by atoms with Crippen molar-refractivity contribution in [1.29, 1.82) is 0 Å². The summed E-state index contributed by atoms with van der Waals surface area (Å²) in [5, 5.41) is 12.8. The average Bonchev–Trinajstić information content (AvgIpc) is 2.03. The van der Waals surface area contributed by atoms with Crippen LogP contribution in [0.2, 0.25) is 0 Å². The lowest BCUT2D eigenvalue weighted by Crippen LogP contribution is -2.32. The maximum Gasteiger partial charge on any atom is 0.188 e. The molecule has 0 atom stereocenters. The fourth-order valence-corrected chi connectivity index (χ4v) is 0.690. The lowest BCUT2D eigenvalue weighted by Gasteiger charge is -2.04. The van der Waals surface area contributed by atoms with Crippen LogP contribution in [0.1, 0.15) is 19.3 Å². The molecule has 0 aliphatic heterocycles. The summed E-state index contributed by atoms with van der Waals surface area (Å²) in [5.41, 5.74) is 5.33. The molecule has 0 radical (unpaired) electrons. The van der Waals surface area contributed by atoms with Gasteiger partial charge >= 0.3 is 0 Å². The zero-order valence-electron chi connectivity index (χ0n) is 7.17. The molecular weight excluding hydrogens is 158 g/mol. The van der Waals surface area contributed by atoms with E-state index in [1.807, 2.05) is 0 Å². The minimum Gasteiger partial charge on any atom is -0.550 e. The Morgan fingerprint density at radius 2 is 2.25 bits per heavy atom. The van der Waals surface area contributed by atoms with Gasteiger partial charge in [0.15, 0.2) is 5.96 Å². The predicted octanol–water partition coefficient (Wildman–Crippen LogP) is -1.56. The fourth-order valence-electron chi connectivity index (χ4n) is 0.690. The molecule has 5 nitrogen and oxygen atoms in total. The van der Waals surface area contributed by atoms with E-state index in [-0.39, 0.29) is 6.42 Å². The van der Waals surface area contributed by atoms with Gasteiger partial charge in [0.25, 0.3) is 0 Å². The normalized spacial score (nSPS) is 11.2. The highest BCUT2D eigenvalue weighted by Crippen LogP contribution is 1.91. The number of guanidine groups is 1. The van der Waals surface area contributed by atoms with Crippen LogP contribution in [0, 0.1) is 0 Å². The second kappa shape index (κ2) is 6.45. The Morgan fingerprint density at radius 3 is 2.75 bits per heavy atom. The molecule has 0 spiro atoms. The zero-order chi connectivity index (χ0) is 9.40. The van der Waals surface area contributed by atoms with E-state index < -0.39 is 5.97 Å². The van der Waals surface area contributed by atoms with Gasteiger partial charge in [-0.1, -0.05) is 0 Å². The lowest BCUT2D eigenvalue weighted by molar-refractivity contribution is -0.305. The van der Waals surface area contributed by atoms with Gasteiger partial charge in [-0.3, -0.25) is 4.99 Å². The van der Waals surface area contributed by atoms with Crippen molar-refractivity contribution in [1.82, 2.24) is 5.32 Å². The monoisotopic (exact) mass is 172 g/mol. The summed E-state index contributed by atoms with van der Waals surface area (Å²) in [5.74, 6) is -0.629. The summed E-state index contributed by atoms with van der Waals surface area (Å²) >= 11 is 0. The van der Waals surface area contributed by atoms with Gasteiger partial charge in [-0.2, -0.15) is 0 Å². The lowest BCUT2D eigenvalue weighted by atomic mass is 10.2. The Kier molecular flexibility index (Phi) is 5.77. The highest BCUT2D eigenvalue weighted by atomic mass is 16.4. The van der Waals surface area contributed by atoms with Crippen LogP contribution >= 0.6 is 0 Å². The van der Waals surface area contributed by atoms with E-state index in [2.05, 4.69) is 10.3 Å². The van der Waals surface area contributed by atoms with Gasteiger partial charge in [-0.25, -0.2) is 0 Å². The first-order chi connectivity index (χ1) is 5.66. The van der Waals surface area contributed by atoms with Crippen LogP contribution in [0.5, 0.6) is 0 Å². The first-order valence-electron chi connectivity index (χ1n) is 3.82. The zero-order valence-corrected chi connectivity index (χ0v) is 7.17. The smallest absolute Gasteiger partial charge is 0.188 e. The second-order valence-corrected chi connectivity index (χ2v) is 2.36. The molecule has 3 N–H and O–H groups in total. The molecular formula is C7H14N3O2-. The molecule has 0 aliphatic carbocycles. The van der Waals surface area contributed by atoms with Crippen molar-refractivity contribution in [3.63, 3.8) is 0 Å². The maximum atomic E-state index is 9.97.